The molecule has 0 atom stereocenters. The third-order valence-corrected chi connectivity index (χ3v) is 3.24. The number of halogens is 1. The molecule has 0 spiro atoms. The van der Waals surface area contributed by atoms with Crippen LogP contribution >= 0.6 is 15.9 Å². The molecule has 0 bridgehead atoms. The Morgan fingerprint density at radius 3 is 3.00 bits per heavy atom. The lowest BCUT2D eigenvalue weighted by Gasteiger charge is -2.16. The van der Waals surface area contributed by atoms with Gasteiger partial charge in [0.25, 0.3) is 0 Å². The Labute approximate surface area is 104 Å². The van der Waals surface area contributed by atoms with Crippen molar-refractivity contribution in [2.45, 2.75) is 18.9 Å². The molecule has 1 aliphatic rings. The van der Waals surface area contributed by atoms with Crippen molar-refractivity contribution >= 4 is 27.4 Å². The lowest BCUT2D eigenvalue weighted by molar-refractivity contribution is 0.337. The Morgan fingerprint density at radius 2 is 2.38 bits per heavy atom. The van der Waals surface area contributed by atoms with Crippen molar-refractivity contribution in [3.8, 4) is 0 Å². The minimum absolute atomic E-state index is 0.684. The molecular weight excluding hydrogens is 268 g/mol. The van der Waals surface area contributed by atoms with Gasteiger partial charge in [-0.05, 0) is 41.9 Å². The largest absolute Gasteiger partial charge is 0.396 e. The highest BCUT2D eigenvalue weighted by atomic mass is 79.9. The second-order valence-corrected chi connectivity index (χ2v) is 5.15. The van der Waals surface area contributed by atoms with Crippen LogP contribution in [0.25, 0.3) is 0 Å². The minimum Gasteiger partial charge on any atom is -0.396 e. The SMILES string of the molecule is CN(CCNc1ncc(Br)cc1N)C1CC1. The summed E-state index contributed by atoms with van der Waals surface area (Å²) in [7, 11) is 2.16. The van der Waals surface area contributed by atoms with E-state index in [1.807, 2.05) is 6.07 Å². The van der Waals surface area contributed by atoms with E-state index in [4.69, 9.17) is 5.73 Å². The van der Waals surface area contributed by atoms with Gasteiger partial charge < -0.3 is 16.0 Å². The topological polar surface area (TPSA) is 54.2 Å². The van der Waals surface area contributed by atoms with Crippen molar-refractivity contribution in [3.63, 3.8) is 0 Å². The van der Waals surface area contributed by atoms with Crippen LogP contribution in [0.1, 0.15) is 12.8 Å². The average Bonchev–Trinajstić information content (AvgIpc) is 3.04. The van der Waals surface area contributed by atoms with Gasteiger partial charge in [0.05, 0.1) is 5.69 Å². The van der Waals surface area contributed by atoms with Gasteiger partial charge in [0.2, 0.25) is 0 Å². The Morgan fingerprint density at radius 1 is 1.62 bits per heavy atom. The van der Waals surface area contributed by atoms with Gasteiger partial charge in [0, 0.05) is 29.8 Å². The summed E-state index contributed by atoms with van der Waals surface area (Å²) in [5.41, 5.74) is 6.53. The van der Waals surface area contributed by atoms with Crippen molar-refractivity contribution in [1.82, 2.24) is 9.88 Å². The predicted octanol–water partition coefficient (Wildman–Crippen LogP) is 1.93. The molecule has 88 valence electrons. The number of likely N-dealkylation sites (N-methyl/N-ethyl adjacent to an activating group) is 1. The van der Waals surface area contributed by atoms with Crippen LogP contribution in [0.3, 0.4) is 0 Å². The highest BCUT2D eigenvalue weighted by molar-refractivity contribution is 9.10. The second kappa shape index (κ2) is 5.01. The van der Waals surface area contributed by atoms with Crippen molar-refractivity contribution < 1.29 is 0 Å². The third-order valence-electron chi connectivity index (χ3n) is 2.81. The van der Waals surface area contributed by atoms with E-state index in [9.17, 15) is 0 Å². The zero-order chi connectivity index (χ0) is 11.5. The molecule has 0 unspecified atom stereocenters. The van der Waals surface area contributed by atoms with Crippen LogP contribution in [0.5, 0.6) is 0 Å². The summed E-state index contributed by atoms with van der Waals surface area (Å²) in [6.45, 7) is 1.91. The predicted molar refractivity (Wildman–Crippen MR) is 70.5 cm³/mol. The van der Waals surface area contributed by atoms with Gasteiger partial charge in [-0.3, -0.25) is 0 Å². The van der Waals surface area contributed by atoms with Gasteiger partial charge in [-0.1, -0.05) is 0 Å². The number of rotatable bonds is 5. The summed E-state index contributed by atoms with van der Waals surface area (Å²) in [5.74, 6) is 0.771. The smallest absolute Gasteiger partial charge is 0.149 e. The molecule has 2 rings (SSSR count). The monoisotopic (exact) mass is 284 g/mol. The summed E-state index contributed by atoms with van der Waals surface area (Å²) in [4.78, 5) is 6.61. The Balaban J connectivity index is 1.80. The molecule has 1 saturated carbocycles. The molecule has 1 aromatic rings. The summed E-state index contributed by atoms with van der Waals surface area (Å²) in [5, 5.41) is 3.26. The van der Waals surface area contributed by atoms with E-state index in [2.05, 4.69) is 38.2 Å². The van der Waals surface area contributed by atoms with Crippen LogP contribution in [-0.2, 0) is 0 Å². The van der Waals surface area contributed by atoms with Gasteiger partial charge in [-0.15, -0.1) is 0 Å². The molecule has 5 heteroatoms. The maximum absolute atomic E-state index is 5.84. The maximum atomic E-state index is 5.84. The fourth-order valence-electron chi connectivity index (χ4n) is 1.65. The lowest BCUT2D eigenvalue weighted by Crippen LogP contribution is -2.27. The van der Waals surface area contributed by atoms with Crippen molar-refractivity contribution in [2.75, 3.05) is 31.2 Å². The molecule has 16 heavy (non-hydrogen) atoms. The van der Waals surface area contributed by atoms with E-state index in [-0.39, 0.29) is 0 Å². The molecular formula is C11H17BrN4. The quantitative estimate of drug-likeness (QED) is 0.868. The molecule has 1 fully saturated rings. The lowest BCUT2D eigenvalue weighted by atomic mass is 10.4. The number of nitrogens with two attached hydrogens (primary N) is 1. The minimum atomic E-state index is 0.684. The maximum Gasteiger partial charge on any atom is 0.149 e. The summed E-state index contributed by atoms with van der Waals surface area (Å²) in [6, 6.07) is 2.66. The molecule has 3 N–H and O–H groups in total. The first-order chi connectivity index (χ1) is 7.66. The first kappa shape index (κ1) is 11.7. The van der Waals surface area contributed by atoms with E-state index in [1.165, 1.54) is 12.8 Å². The normalized spacial score (nSPS) is 15.4. The fraction of sp³-hybridized carbons (Fsp3) is 0.545. The van der Waals surface area contributed by atoms with Crippen LogP contribution < -0.4 is 11.1 Å². The molecule has 0 amide bonds. The highest BCUT2D eigenvalue weighted by Gasteiger charge is 2.25. The second-order valence-electron chi connectivity index (χ2n) is 4.23. The van der Waals surface area contributed by atoms with Crippen LogP contribution in [-0.4, -0.2) is 36.1 Å². The van der Waals surface area contributed by atoms with Crippen molar-refractivity contribution in [2.24, 2.45) is 0 Å². The number of pyridine rings is 1. The molecule has 0 aromatic carbocycles. The van der Waals surface area contributed by atoms with Gasteiger partial charge in [-0.2, -0.15) is 0 Å². The van der Waals surface area contributed by atoms with E-state index in [1.54, 1.807) is 6.20 Å². The van der Waals surface area contributed by atoms with Crippen LogP contribution in [0.15, 0.2) is 16.7 Å². The first-order valence-electron chi connectivity index (χ1n) is 5.52. The van der Waals surface area contributed by atoms with Gasteiger partial charge in [-0.25, -0.2) is 4.98 Å². The van der Waals surface area contributed by atoms with E-state index in [0.717, 1.165) is 29.4 Å². The average molecular weight is 285 g/mol. The number of anilines is 2. The molecule has 0 radical (unpaired) electrons. The zero-order valence-corrected chi connectivity index (χ0v) is 11.0. The van der Waals surface area contributed by atoms with Crippen LogP contribution in [0.2, 0.25) is 0 Å². The van der Waals surface area contributed by atoms with Crippen molar-refractivity contribution in [3.05, 3.63) is 16.7 Å². The van der Waals surface area contributed by atoms with E-state index < -0.39 is 0 Å². The highest BCUT2D eigenvalue weighted by Crippen LogP contribution is 2.25. The number of nitrogen functional groups attached to an aromatic ring is 1. The van der Waals surface area contributed by atoms with Crippen molar-refractivity contribution in [1.29, 1.82) is 0 Å². The molecule has 1 heterocycles. The zero-order valence-electron chi connectivity index (χ0n) is 9.41. The van der Waals surface area contributed by atoms with Gasteiger partial charge in [0.1, 0.15) is 5.82 Å². The number of hydrogen-bond acceptors (Lipinski definition) is 4. The summed E-state index contributed by atoms with van der Waals surface area (Å²) in [6.07, 6.45) is 4.44. The van der Waals surface area contributed by atoms with E-state index >= 15 is 0 Å². The summed E-state index contributed by atoms with van der Waals surface area (Å²) >= 11 is 3.34. The Hall–Kier alpha value is -0.810. The molecule has 1 aromatic heterocycles. The Bertz CT molecular complexity index is 365. The van der Waals surface area contributed by atoms with Crippen LogP contribution in [0.4, 0.5) is 11.5 Å². The number of nitrogens with one attached hydrogen (secondary N) is 1. The van der Waals surface area contributed by atoms with Gasteiger partial charge >= 0.3 is 0 Å². The summed E-state index contributed by atoms with van der Waals surface area (Å²) < 4.78 is 0.908. The standard InChI is InChI=1S/C11H17BrN4/c1-16(9-2-3-9)5-4-14-11-10(13)6-8(12)7-15-11/h6-7,9H,2-5,13H2,1H3,(H,14,15). The molecule has 4 nitrogen and oxygen atoms in total. The molecule has 0 saturated heterocycles. The molecule has 0 aliphatic heterocycles. The number of aromatic nitrogens is 1. The molecule has 1 aliphatic carbocycles. The first-order valence-corrected chi connectivity index (χ1v) is 6.31. The number of nitrogens with zero attached hydrogens (tertiary/aromatic N) is 2. The van der Waals surface area contributed by atoms with E-state index in [0.29, 0.717) is 5.69 Å². The van der Waals surface area contributed by atoms with Gasteiger partial charge in [0.15, 0.2) is 0 Å². The Kier molecular flexibility index (Phi) is 3.66. The third kappa shape index (κ3) is 3.09. The fourth-order valence-corrected chi connectivity index (χ4v) is 2.00. The number of hydrogen-bond donors (Lipinski definition) is 2. The van der Waals surface area contributed by atoms with Crippen LogP contribution in [0, 0.1) is 0 Å².